The predicted octanol–water partition coefficient (Wildman–Crippen LogP) is 12.8. The van der Waals surface area contributed by atoms with Gasteiger partial charge in [0.05, 0.1) is 21.8 Å². The van der Waals surface area contributed by atoms with Crippen molar-refractivity contribution in [3.05, 3.63) is 177 Å². The van der Waals surface area contributed by atoms with Crippen LogP contribution in [0.5, 0.6) is 0 Å². The second kappa shape index (κ2) is 15.5. The highest BCUT2D eigenvalue weighted by Gasteiger charge is 2.29. The van der Waals surface area contributed by atoms with E-state index in [1.54, 1.807) is 0 Å². The monoisotopic (exact) mass is 690 g/mol. The summed E-state index contributed by atoms with van der Waals surface area (Å²) in [6, 6.07) is 49.7. The van der Waals surface area contributed by atoms with E-state index in [-0.39, 0.29) is 21.8 Å². The number of aryl methyl sites for hydroxylation is 2. The average Bonchev–Trinajstić information content (AvgIpc) is 3.03. The first kappa shape index (κ1) is 32.6. The topological polar surface area (TPSA) is 0 Å². The third-order valence-electron chi connectivity index (χ3n) is 6.71. The fourth-order valence-corrected chi connectivity index (χ4v) is 9.03. The molecule has 6 heteroatoms. The molecule has 6 aromatic carbocycles. The van der Waals surface area contributed by atoms with Crippen LogP contribution in [-0.2, 0) is 21.8 Å². The molecule has 0 spiro atoms. The molecule has 0 radical (unpaired) electrons. The van der Waals surface area contributed by atoms with E-state index in [4.69, 9.17) is 46.4 Å². The van der Waals surface area contributed by atoms with E-state index in [9.17, 15) is 0 Å². The Balaban J connectivity index is 0.000000175. The van der Waals surface area contributed by atoms with Gasteiger partial charge < -0.3 is 0 Å². The quantitative estimate of drug-likeness (QED) is 0.152. The van der Waals surface area contributed by atoms with Crippen molar-refractivity contribution >= 4 is 68.2 Å². The molecule has 6 aromatic rings. The maximum Gasteiger partial charge on any atom is 0.166 e. The summed E-state index contributed by atoms with van der Waals surface area (Å²) < 4.78 is 0. The van der Waals surface area contributed by atoms with Crippen LogP contribution in [0, 0.1) is 13.8 Å². The highest BCUT2D eigenvalue weighted by atomic mass is 35.5. The van der Waals surface area contributed by atoms with E-state index in [0.717, 1.165) is 20.1 Å². The van der Waals surface area contributed by atoms with E-state index in [2.05, 4.69) is 111 Å². The Hall–Kier alpha value is -2.82. The van der Waals surface area contributed by atoms with Gasteiger partial charge in [-0.05, 0) is 135 Å². The molecule has 0 aliphatic carbocycles. The van der Waals surface area contributed by atoms with Gasteiger partial charge in [0.25, 0.3) is 0 Å². The van der Waals surface area contributed by atoms with Gasteiger partial charge in [-0.3, -0.25) is 0 Å². The molecular weight excluding hydrogens is 662 g/mol. The summed E-state index contributed by atoms with van der Waals surface area (Å²) in [5, 5.41) is 3.03. The Morgan fingerprint density at radius 1 is 0.273 bits per heavy atom. The molecule has 0 amide bonds. The lowest BCUT2D eigenvalue weighted by Crippen LogP contribution is -2.04. The molecule has 0 aliphatic heterocycles. The summed E-state index contributed by atoms with van der Waals surface area (Å²) in [5.74, 6) is 0. The summed E-state index contributed by atoms with van der Waals surface area (Å²) in [5.41, 5.74) is 2.53. The van der Waals surface area contributed by atoms with Gasteiger partial charge in [0.1, 0.15) is 0 Å². The summed E-state index contributed by atoms with van der Waals surface area (Å²) in [6.45, 7) is 4.21. The van der Waals surface area contributed by atoms with Gasteiger partial charge in [0, 0.05) is 20.1 Å². The van der Waals surface area contributed by atoms with E-state index < -0.39 is 0 Å². The molecule has 0 nitrogen and oxygen atoms in total. The third-order valence-corrected chi connectivity index (χ3v) is 12.2. The standard InChI is InChI=1S/2C19H15Cl2S/c2*1-14-2-8-17(9-3-14)22(18-10-4-15(20)5-11-18)19-12-6-16(21)7-13-19/h2*2-13H,1H3/q2*+1. The summed E-state index contributed by atoms with van der Waals surface area (Å²) in [6.07, 6.45) is 0. The first-order valence-electron chi connectivity index (χ1n) is 13.9. The van der Waals surface area contributed by atoms with Crippen LogP contribution < -0.4 is 0 Å². The molecule has 0 fully saturated rings. The number of halogens is 4. The molecule has 0 N–H and O–H groups in total. The zero-order chi connectivity index (χ0) is 31.1. The number of benzene rings is 6. The fraction of sp³-hybridized carbons (Fsp3) is 0.0526. The fourth-order valence-electron chi connectivity index (χ4n) is 4.45. The van der Waals surface area contributed by atoms with E-state index in [0.29, 0.717) is 0 Å². The molecule has 0 unspecified atom stereocenters. The Morgan fingerprint density at radius 2 is 0.432 bits per heavy atom. The van der Waals surface area contributed by atoms with E-state index in [1.165, 1.54) is 40.5 Å². The van der Waals surface area contributed by atoms with Crippen molar-refractivity contribution in [3.8, 4) is 0 Å². The SMILES string of the molecule is Cc1ccc([S+](c2ccc(Cl)cc2)c2ccc(Cl)cc2)cc1.Cc1ccc([S+](c2ccc(Cl)cc2)c2ccc(Cl)cc2)cc1. The van der Waals surface area contributed by atoms with Crippen LogP contribution in [0.15, 0.2) is 175 Å². The lowest BCUT2D eigenvalue weighted by atomic mass is 10.2. The molecule has 44 heavy (non-hydrogen) atoms. The average molecular weight is 693 g/mol. The lowest BCUT2D eigenvalue weighted by Gasteiger charge is -2.08. The van der Waals surface area contributed by atoms with Crippen molar-refractivity contribution in [2.45, 2.75) is 43.2 Å². The Kier molecular flexibility index (Phi) is 11.4. The normalized spacial score (nSPS) is 10.9. The Bertz CT molecular complexity index is 1410. The molecule has 6 rings (SSSR count). The predicted molar refractivity (Wildman–Crippen MR) is 192 cm³/mol. The van der Waals surface area contributed by atoms with Crippen molar-refractivity contribution in [2.75, 3.05) is 0 Å². The molecule has 0 aliphatic rings. The van der Waals surface area contributed by atoms with Crippen molar-refractivity contribution < 1.29 is 0 Å². The van der Waals surface area contributed by atoms with Crippen LogP contribution in [0.1, 0.15) is 11.1 Å². The van der Waals surface area contributed by atoms with E-state index in [1.807, 2.05) is 48.5 Å². The molecule has 220 valence electrons. The van der Waals surface area contributed by atoms with Crippen LogP contribution in [-0.4, -0.2) is 0 Å². The van der Waals surface area contributed by atoms with Crippen LogP contribution in [0.3, 0.4) is 0 Å². The van der Waals surface area contributed by atoms with Gasteiger partial charge in [-0.1, -0.05) is 81.8 Å². The van der Waals surface area contributed by atoms with Gasteiger partial charge in [-0.25, -0.2) is 0 Å². The number of hydrogen-bond donors (Lipinski definition) is 0. The molecule has 0 atom stereocenters. The molecule has 0 saturated heterocycles. The highest BCUT2D eigenvalue weighted by Crippen LogP contribution is 2.34. The van der Waals surface area contributed by atoms with Gasteiger partial charge in [-0.15, -0.1) is 0 Å². The van der Waals surface area contributed by atoms with Crippen molar-refractivity contribution in [3.63, 3.8) is 0 Å². The zero-order valence-electron chi connectivity index (χ0n) is 24.2. The maximum absolute atomic E-state index is 6.04. The second-order valence-electron chi connectivity index (χ2n) is 10.1. The summed E-state index contributed by atoms with van der Waals surface area (Å²) >= 11 is 24.1. The van der Waals surface area contributed by atoms with Crippen LogP contribution >= 0.6 is 46.4 Å². The van der Waals surface area contributed by atoms with E-state index >= 15 is 0 Å². The number of rotatable bonds is 6. The molecule has 0 aromatic heterocycles. The van der Waals surface area contributed by atoms with Crippen LogP contribution in [0.4, 0.5) is 0 Å². The van der Waals surface area contributed by atoms with Gasteiger partial charge >= 0.3 is 0 Å². The Morgan fingerprint density at radius 3 is 0.614 bits per heavy atom. The van der Waals surface area contributed by atoms with Gasteiger partial charge in [0.15, 0.2) is 29.4 Å². The zero-order valence-corrected chi connectivity index (χ0v) is 28.8. The molecule has 0 heterocycles. The van der Waals surface area contributed by atoms with Crippen molar-refractivity contribution in [2.24, 2.45) is 0 Å². The van der Waals surface area contributed by atoms with Crippen molar-refractivity contribution in [1.82, 2.24) is 0 Å². The van der Waals surface area contributed by atoms with Crippen molar-refractivity contribution in [1.29, 1.82) is 0 Å². The molecule has 0 bridgehead atoms. The minimum absolute atomic E-state index is 0.157. The molecular formula is C38H30Cl4S2+2. The minimum atomic E-state index is -0.157. The van der Waals surface area contributed by atoms with Gasteiger partial charge in [-0.2, -0.15) is 0 Å². The second-order valence-corrected chi connectivity index (χ2v) is 15.9. The maximum atomic E-state index is 6.04. The third kappa shape index (κ3) is 8.67. The highest BCUT2D eigenvalue weighted by molar-refractivity contribution is 7.97. The first-order valence-corrected chi connectivity index (χ1v) is 17.9. The van der Waals surface area contributed by atoms with Crippen LogP contribution in [0.2, 0.25) is 20.1 Å². The molecule has 0 saturated carbocycles. The summed E-state index contributed by atoms with van der Waals surface area (Å²) in [4.78, 5) is 7.56. The summed E-state index contributed by atoms with van der Waals surface area (Å²) in [7, 11) is -0.313. The van der Waals surface area contributed by atoms with Gasteiger partial charge in [0.2, 0.25) is 0 Å². The first-order chi connectivity index (χ1) is 21.3. The lowest BCUT2D eigenvalue weighted by molar-refractivity contribution is 1.30. The number of hydrogen-bond acceptors (Lipinski definition) is 0. The van der Waals surface area contributed by atoms with Crippen LogP contribution in [0.25, 0.3) is 0 Å². The largest absolute Gasteiger partial charge is 0.166 e. The Labute approximate surface area is 286 Å². The minimum Gasteiger partial charge on any atom is -0.0843 e. The smallest absolute Gasteiger partial charge is 0.0843 e.